The van der Waals surface area contributed by atoms with Gasteiger partial charge in [0.1, 0.15) is 0 Å². The van der Waals surface area contributed by atoms with Crippen LogP contribution in [0.3, 0.4) is 0 Å². The summed E-state index contributed by atoms with van der Waals surface area (Å²) in [6.45, 7) is 4.52. The van der Waals surface area contributed by atoms with Gasteiger partial charge in [-0.2, -0.15) is 46.5 Å². The summed E-state index contributed by atoms with van der Waals surface area (Å²) in [5.41, 5.74) is 9.58. The van der Waals surface area contributed by atoms with Crippen LogP contribution in [0.4, 0.5) is 0 Å². The zero-order chi connectivity index (χ0) is 37.5. The maximum atomic E-state index is 4.26. The molecule has 0 heterocycles. The van der Waals surface area contributed by atoms with Gasteiger partial charge in [0.15, 0.2) is 0 Å². The van der Waals surface area contributed by atoms with Gasteiger partial charge in [-0.25, -0.2) is 0 Å². The fourth-order valence-corrected chi connectivity index (χ4v) is 13.0. The first-order valence-electron chi connectivity index (χ1n) is 21.5. The van der Waals surface area contributed by atoms with Gasteiger partial charge in [-0.05, 0) is 48.1 Å². The molecule has 2 atom stereocenters. The van der Waals surface area contributed by atoms with Crippen LogP contribution < -0.4 is 21.2 Å². The molecule has 4 heteroatoms. The van der Waals surface area contributed by atoms with Crippen molar-refractivity contribution in [2.45, 2.75) is 166 Å². The molecule has 0 saturated heterocycles. The van der Waals surface area contributed by atoms with Crippen molar-refractivity contribution >= 4 is 48.6 Å². The second-order valence-electron chi connectivity index (χ2n) is 16.7. The van der Waals surface area contributed by atoms with Crippen molar-refractivity contribution in [1.82, 2.24) is 0 Å². The van der Waals surface area contributed by atoms with Gasteiger partial charge in [-0.15, -0.1) is 21.7 Å². The van der Waals surface area contributed by atoms with Crippen molar-refractivity contribution in [3.8, 4) is 0 Å². The quantitative estimate of drug-likeness (QED) is 0.0944. The van der Waals surface area contributed by atoms with E-state index < -0.39 is 0 Å². The zero-order valence-corrected chi connectivity index (χ0v) is 36.8. The van der Waals surface area contributed by atoms with Gasteiger partial charge in [0.2, 0.25) is 0 Å². The summed E-state index contributed by atoms with van der Waals surface area (Å²) < 4.78 is 0. The molecule has 4 aliphatic carbocycles. The van der Waals surface area contributed by atoms with Crippen LogP contribution in [0.1, 0.15) is 185 Å². The van der Waals surface area contributed by atoms with Crippen molar-refractivity contribution in [2.75, 3.05) is 0 Å². The van der Waals surface area contributed by atoms with Crippen LogP contribution >= 0.6 is 27.4 Å². The molecule has 4 aromatic carbocycles. The molecule has 0 nitrogen and oxygen atoms in total. The van der Waals surface area contributed by atoms with E-state index in [2.05, 4.69) is 124 Å². The number of aryl methyl sites for hydroxylation is 2. The average Bonchev–Trinajstić information content (AvgIpc) is 3.23. The monoisotopic (exact) mass is 819 g/mol. The summed E-state index contributed by atoms with van der Waals surface area (Å²) in [5.74, 6) is 3.16. The molecule has 0 aromatic heterocycles. The molecule has 4 saturated carbocycles. The third-order valence-electron chi connectivity index (χ3n) is 12.8. The summed E-state index contributed by atoms with van der Waals surface area (Å²) in [7, 11) is 5.77. The van der Waals surface area contributed by atoms with Crippen LogP contribution in [0.2, 0.25) is 0 Å². The van der Waals surface area contributed by atoms with Crippen LogP contribution in [-0.4, -0.2) is 0 Å². The van der Waals surface area contributed by atoms with E-state index in [1.54, 1.807) is 22.3 Å². The second kappa shape index (κ2) is 22.5. The Kier molecular flexibility index (Phi) is 17.5. The van der Waals surface area contributed by atoms with E-state index in [0.29, 0.717) is 0 Å². The molecular formula is C50H64ClNiP2-2. The van der Waals surface area contributed by atoms with Gasteiger partial charge in [-0.1, -0.05) is 206 Å². The molecule has 4 aromatic rings. The first-order valence-corrected chi connectivity index (χ1v) is 24.9. The Balaban J connectivity index is 0.000000176. The van der Waals surface area contributed by atoms with E-state index in [-0.39, 0.29) is 0 Å². The van der Waals surface area contributed by atoms with E-state index in [1.165, 1.54) is 161 Å². The summed E-state index contributed by atoms with van der Waals surface area (Å²) in [4.78, 5) is 0. The molecule has 4 fully saturated rings. The fourth-order valence-electron chi connectivity index (χ4n) is 10.2. The average molecular weight is 821 g/mol. The molecule has 293 valence electrons. The van der Waals surface area contributed by atoms with Gasteiger partial charge in [0.05, 0.1) is 0 Å². The van der Waals surface area contributed by atoms with Crippen molar-refractivity contribution < 1.29 is 14.6 Å². The summed E-state index contributed by atoms with van der Waals surface area (Å²) in [5, 5.41) is 5.98. The first-order chi connectivity index (χ1) is 26.6. The normalized spacial score (nSPS) is 19.4. The molecule has 0 bridgehead atoms. The number of halogens is 1. The Bertz CT molecular complexity index is 1550. The SMILES string of the molecule is Cc1[c-]c(Pc2ccccc2)c(C2CCCCC2)c(C2CCCCC2)c1.Cc1[c-]c(Pc2ccccc2)c(C2CCCCC2)c(C2CCCCC2)c1.[Cl][Ni]. The number of benzene rings is 4. The van der Waals surface area contributed by atoms with Crippen molar-refractivity contribution in [3.63, 3.8) is 0 Å². The fraction of sp³-hybridized carbons (Fsp3) is 0.520. The maximum absolute atomic E-state index is 4.26. The van der Waals surface area contributed by atoms with Crippen LogP contribution in [0.5, 0.6) is 0 Å². The standard InChI is InChI=1S/2C25H32P.ClH.Ni/c2*1-19-17-23(20-11-5-2-6-12-20)25(21-13-7-3-8-14-21)24(18-19)26-22-15-9-4-10-16-22;;/h2*4,9-10,15-17,20-21,26H,2-3,5-8,11-14H2,1H3;1H;/q2*-1;;+1/p-1. The molecule has 54 heavy (non-hydrogen) atoms. The van der Waals surface area contributed by atoms with Gasteiger partial charge in [0, 0.05) is 0 Å². The number of rotatable bonds is 8. The molecule has 2 unspecified atom stereocenters. The topological polar surface area (TPSA) is 0 Å². The molecule has 4 aliphatic rings. The van der Waals surface area contributed by atoms with E-state index in [9.17, 15) is 0 Å². The van der Waals surface area contributed by atoms with E-state index in [0.717, 1.165) is 40.8 Å². The Morgan fingerprint density at radius 3 is 1.06 bits per heavy atom. The van der Waals surface area contributed by atoms with Crippen LogP contribution in [-0.2, 0) is 14.6 Å². The molecule has 0 amide bonds. The van der Waals surface area contributed by atoms with E-state index in [4.69, 9.17) is 0 Å². The zero-order valence-electron chi connectivity index (χ0n) is 33.1. The first kappa shape index (κ1) is 42.1. The van der Waals surface area contributed by atoms with Gasteiger partial charge < -0.3 is 0 Å². The molecule has 0 radical (unpaired) electrons. The molecular weight excluding hydrogens is 757 g/mol. The summed E-state index contributed by atoms with van der Waals surface area (Å²) in [6.07, 6.45) is 28.2. The molecule has 0 aliphatic heterocycles. The van der Waals surface area contributed by atoms with Gasteiger partial charge in [-0.3, -0.25) is 0 Å². The van der Waals surface area contributed by atoms with Gasteiger partial charge >= 0.3 is 24.8 Å². The number of hydrogen-bond donors (Lipinski definition) is 0. The predicted molar refractivity (Wildman–Crippen MR) is 237 cm³/mol. The molecule has 0 spiro atoms. The molecule has 0 N–H and O–H groups in total. The predicted octanol–water partition coefficient (Wildman–Crippen LogP) is 13.7. The Hall–Kier alpha value is -1.48. The summed E-state index contributed by atoms with van der Waals surface area (Å²) in [6, 6.07) is 34.8. The third-order valence-corrected chi connectivity index (χ3v) is 15.3. The Labute approximate surface area is 345 Å². The summed E-state index contributed by atoms with van der Waals surface area (Å²) >= 11 is 3.35. The Morgan fingerprint density at radius 1 is 0.444 bits per heavy atom. The van der Waals surface area contributed by atoms with Crippen molar-refractivity contribution in [1.29, 1.82) is 0 Å². The minimum atomic E-state index is 0.751. The molecule has 8 rings (SSSR count). The van der Waals surface area contributed by atoms with Crippen LogP contribution in [0.25, 0.3) is 0 Å². The minimum absolute atomic E-state index is 0.751. The third kappa shape index (κ3) is 11.8. The van der Waals surface area contributed by atoms with Gasteiger partial charge in [0.25, 0.3) is 0 Å². The van der Waals surface area contributed by atoms with Crippen molar-refractivity contribution in [2.24, 2.45) is 0 Å². The van der Waals surface area contributed by atoms with Crippen LogP contribution in [0, 0.1) is 26.0 Å². The van der Waals surface area contributed by atoms with E-state index >= 15 is 0 Å². The van der Waals surface area contributed by atoms with Crippen molar-refractivity contribution in [3.05, 3.63) is 118 Å². The van der Waals surface area contributed by atoms with E-state index in [1.807, 2.05) is 0 Å². The number of hydrogen-bond acceptors (Lipinski definition) is 0. The van der Waals surface area contributed by atoms with Crippen LogP contribution in [0.15, 0.2) is 72.8 Å². The second-order valence-corrected chi connectivity index (χ2v) is 19.4. The Morgan fingerprint density at radius 2 is 0.741 bits per heavy atom.